The van der Waals surface area contributed by atoms with Gasteiger partial charge < -0.3 is 25.5 Å². The van der Waals surface area contributed by atoms with Gasteiger partial charge in [0.05, 0.1) is 0 Å². The van der Waals surface area contributed by atoms with Crippen molar-refractivity contribution in [1.29, 1.82) is 0 Å². The summed E-state index contributed by atoms with van der Waals surface area (Å²) < 4.78 is 0. The number of hydrogen-bond donors (Lipinski definition) is 5. The molecule has 0 spiro atoms. The predicted molar refractivity (Wildman–Crippen MR) is 105 cm³/mol. The van der Waals surface area contributed by atoms with E-state index in [9.17, 15) is 14.4 Å². The Labute approximate surface area is 161 Å². The number of aliphatic hydroxyl groups excluding tert-OH is 2. The maximum absolute atomic E-state index is 9.60. The molecule has 0 aromatic rings. The third-order valence-electron chi connectivity index (χ3n) is 2.63. The normalized spacial score (nSPS) is 9.48. The van der Waals surface area contributed by atoms with Gasteiger partial charge in [-0.05, 0) is 25.7 Å². The summed E-state index contributed by atoms with van der Waals surface area (Å²) >= 11 is 0. The van der Waals surface area contributed by atoms with Gasteiger partial charge in [0.25, 0.3) is 0 Å². The second-order valence-corrected chi connectivity index (χ2v) is 5.38. The average molecular weight is 390 g/mol. The monoisotopic (exact) mass is 390 g/mol. The number of hydrogen-bond acceptors (Lipinski definition) is 5. The summed E-state index contributed by atoms with van der Waals surface area (Å²) in [5.74, 6) is -2.45. The van der Waals surface area contributed by atoms with E-state index in [1.54, 1.807) is 0 Å². The van der Waals surface area contributed by atoms with Gasteiger partial charge in [0.15, 0.2) is 0 Å². The van der Waals surface area contributed by atoms with Crippen LogP contribution in [0, 0.1) is 5.92 Å². The zero-order chi connectivity index (χ0) is 22.3. The molecule has 8 nitrogen and oxygen atoms in total. The summed E-state index contributed by atoms with van der Waals surface area (Å²) in [6.45, 7) is 13.2. The van der Waals surface area contributed by atoms with E-state index in [2.05, 4.69) is 26.7 Å². The fourth-order valence-corrected chi connectivity index (χ4v) is 1.05. The molecule has 0 aromatic carbocycles. The first-order valence-corrected chi connectivity index (χ1v) is 8.31. The lowest BCUT2D eigenvalue weighted by molar-refractivity contribution is -0.133. The summed E-state index contributed by atoms with van der Waals surface area (Å²) in [5.41, 5.74) is 0.176. The maximum atomic E-state index is 9.60. The Kier molecular flexibility index (Phi) is 30.8. The van der Waals surface area contributed by atoms with Crippen LogP contribution in [0.1, 0.15) is 46.0 Å². The molecule has 0 heterocycles. The van der Waals surface area contributed by atoms with Crippen molar-refractivity contribution in [2.45, 2.75) is 46.0 Å². The third-order valence-corrected chi connectivity index (χ3v) is 2.63. The molecular formula is C19H34O8. The van der Waals surface area contributed by atoms with E-state index in [-0.39, 0.29) is 5.57 Å². The predicted octanol–water partition coefficient (Wildman–Crippen LogP) is 2.72. The molecular weight excluding hydrogens is 356 g/mol. The lowest BCUT2D eigenvalue weighted by atomic mass is 10.0. The van der Waals surface area contributed by atoms with E-state index < -0.39 is 17.9 Å². The summed E-state index contributed by atoms with van der Waals surface area (Å²) in [4.78, 5) is 28.1. The molecule has 27 heavy (non-hydrogen) atoms. The van der Waals surface area contributed by atoms with Crippen molar-refractivity contribution in [1.82, 2.24) is 0 Å². The topological polar surface area (TPSA) is 152 Å². The number of carboxylic acid groups (broad SMARTS) is 3. The summed E-state index contributed by atoms with van der Waals surface area (Å²) in [5, 5.41) is 40.3. The van der Waals surface area contributed by atoms with Crippen LogP contribution < -0.4 is 0 Å². The molecule has 0 bridgehead atoms. The van der Waals surface area contributed by atoms with Gasteiger partial charge in [-0.3, -0.25) is 0 Å². The van der Waals surface area contributed by atoms with Crippen molar-refractivity contribution < 1.29 is 39.9 Å². The molecule has 1 atom stereocenters. The third kappa shape index (κ3) is 51.7. The minimum Gasteiger partial charge on any atom is -0.478 e. The van der Waals surface area contributed by atoms with Gasteiger partial charge in [0, 0.05) is 30.9 Å². The van der Waals surface area contributed by atoms with Crippen LogP contribution in [0.5, 0.6) is 0 Å². The number of rotatable bonds is 10. The van der Waals surface area contributed by atoms with Crippen LogP contribution >= 0.6 is 0 Å². The van der Waals surface area contributed by atoms with Crippen molar-refractivity contribution in [2.24, 2.45) is 5.92 Å². The molecule has 0 aliphatic heterocycles. The van der Waals surface area contributed by atoms with Gasteiger partial charge in [-0.25, -0.2) is 14.4 Å². The van der Waals surface area contributed by atoms with Gasteiger partial charge >= 0.3 is 17.9 Å². The van der Waals surface area contributed by atoms with E-state index in [4.69, 9.17) is 25.5 Å². The molecule has 0 amide bonds. The van der Waals surface area contributed by atoms with Crippen molar-refractivity contribution in [3.8, 4) is 0 Å². The van der Waals surface area contributed by atoms with Crippen LogP contribution in [0.25, 0.3) is 0 Å². The summed E-state index contributed by atoms with van der Waals surface area (Å²) in [6, 6.07) is 0. The van der Waals surface area contributed by atoms with Crippen LogP contribution in [-0.4, -0.2) is 56.7 Å². The highest BCUT2D eigenvalue weighted by Gasteiger charge is 1.98. The van der Waals surface area contributed by atoms with Crippen molar-refractivity contribution in [3.63, 3.8) is 0 Å². The molecule has 0 aliphatic rings. The number of carbonyl (C=O) groups is 3. The van der Waals surface area contributed by atoms with Crippen LogP contribution in [-0.2, 0) is 14.4 Å². The highest BCUT2D eigenvalue weighted by Crippen LogP contribution is 2.09. The van der Waals surface area contributed by atoms with Crippen LogP contribution in [0.2, 0.25) is 0 Å². The quantitative estimate of drug-likeness (QED) is 0.282. The second-order valence-electron chi connectivity index (χ2n) is 5.38. The highest BCUT2D eigenvalue weighted by molar-refractivity contribution is 5.84. The number of aliphatic carboxylic acids is 3. The fraction of sp³-hybridized carbons (Fsp3) is 0.526. The maximum Gasteiger partial charge on any atom is 0.330 e. The SMILES string of the molecule is C=C(C)C(=O)O.C=CC(=O)O.C=CC(=O)O.CC(CO)CCCCCCO. The molecule has 0 fully saturated rings. The molecule has 0 aliphatic carbocycles. The smallest absolute Gasteiger partial charge is 0.330 e. The Hall–Kier alpha value is -2.45. The number of unbranched alkanes of at least 4 members (excludes halogenated alkanes) is 3. The molecule has 8 heteroatoms. The molecule has 0 aromatic heterocycles. The molecule has 158 valence electrons. The molecule has 1 unspecified atom stereocenters. The Balaban J connectivity index is -0.000000141. The molecule has 0 saturated heterocycles. The molecule has 0 rings (SSSR count). The van der Waals surface area contributed by atoms with Crippen LogP contribution in [0.15, 0.2) is 37.5 Å². The minimum absolute atomic E-state index is 0.176. The van der Waals surface area contributed by atoms with E-state index in [0.29, 0.717) is 19.1 Å². The summed E-state index contributed by atoms with van der Waals surface area (Å²) in [6.07, 6.45) is 7.19. The second kappa shape index (κ2) is 25.8. The first kappa shape index (κ1) is 32.2. The van der Waals surface area contributed by atoms with Gasteiger partial charge in [-0.1, -0.05) is 45.9 Å². The molecule has 5 N–H and O–H groups in total. The largest absolute Gasteiger partial charge is 0.478 e. The van der Waals surface area contributed by atoms with Crippen LogP contribution in [0.3, 0.4) is 0 Å². The minimum atomic E-state index is -0.981. The Bertz CT molecular complexity index is 399. The van der Waals surface area contributed by atoms with Gasteiger partial charge in [-0.15, -0.1) is 0 Å². The van der Waals surface area contributed by atoms with Crippen molar-refractivity contribution >= 4 is 17.9 Å². The lowest BCUT2D eigenvalue weighted by Crippen LogP contribution is -1.99. The van der Waals surface area contributed by atoms with Gasteiger partial charge in [0.1, 0.15) is 0 Å². The van der Waals surface area contributed by atoms with Gasteiger partial charge in [0.2, 0.25) is 0 Å². The number of aliphatic hydroxyl groups is 2. The summed E-state index contributed by atoms with van der Waals surface area (Å²) in [7, 11) is 0. The number of carboxylic acids is 3. The van der Waals surface area contributed by atoms with Crippen molar-refractivity contribution in [3.05, 3.63) is 37.5 Å². The van der Waals surface area contributed by atoms with E-state index in [0.717, 1.165) is 31.4 Å². The Morgan fingerprint density at radius 1 is 0.889 bits per heavy atom. The van der Waals surface area contributed by atoms with Crippen molar-refractivity contribution in [2.75, 3.05) is 13.2 Å². The first-order valence-electron chi connectivity index (χ1n) is 8.31. The van der Waals surface area contributed by atoms with E-state index >= 15 is 0 Å². The van der Waals surface area contributed by atoms with E-state index in [1.807, 2.05) is 0 Å². The van der Waals surface area contributed by atoms with Crippen LogP contribution in [0.4, 0.5) is 0 Å². The first-order chi connectivity index (χ1) is 12.5. The Morgan fingerprint density at radius 3 is 1.44 bits per heavy atom. The zero-order valence-corrected chi connectivity index (χ0v) is 16.3. The van der Waals surface area contributed by atoms with Gasteiger partial charge in [-0.2, -0.15) is 0 Å². The fourth-order valence-electron chi connectivity index (χ4n) is 1.05. The molecule has 0 radical (unpaired) electrons. The average Bonchev–Trinajstić information content (AvgIpc) is 2.62. The zero-order valence-electron chi connectivity index (χ0n) is 16.3. The lowest BCUT2D eigenvalue weighted by Gasteiger charge is -2.05. The van der Waals surface area contributed by atoms with E-state index in [1.165, 1.54) is 19.8 Å². The standard InChI is InChI=1S/C9H20O2.C4H6O2.2C3H4O2/c1-9(8-11)6-4-2-3-5-7-10;1-3(2)4(5)6;2*1-2-3(4)5/h9-11H,2-8H2,1H3;1H2,2H3,(H,5,6);2*2H,1H2,(H,4,5). The highest BCUT2D eigenvalue weighted by atomic mass is 16.4. The molecule has 0 saturated carbocycles. The Morgan fingerprint density at radius 2 is 1.22 bits per heavy atom.